The van der Waals surface area contributed by atoms with E-state index < -0.39 is 42.3 Å². The molecule has 0 atom stereocenters. The molecule has 8 nitrogen and oxygen atoms in total. The monoisotopic (exact) mass is 380 g/mol. The molecule has 0 aliphatic rings. The molecular formula is C13H15ClNa2O8. The molecular weight excluding hydrogens is 366 g/mol. The van der Waals surface area contributed by atoms with Crippen LogP contribution in [0.3, 0.4) is 0 Å². The molecule has 0 bridgehead atoms. The van der Waals surface area contributed by atoms with Gasteiger partial charge >= 0.3 is 83.0 Å². The van der Waals surface area contributed by atoms with Crippen LogP contribution in [-0.2, 0) is 19.1 Å². The van der Waals surface area contributed by atoms with Crippen molar-refractivity contribution >= 4 is 95.4 Å². The molecule has 124 valence electrons. The van der Waals surface area contributed by atoms with Crippen LogP contribution in [0.25, 0.3) is 0 Å². The van der Waals surface area contributed by atoms with Gasteiger partial charge in [0.2, 0.25) is 5.60 Å². The quantitative estimate of drug-likeness (QED) is 0.434. The van der Waals surface area contributed by atoms with Crippen LogP contribution >= 0.6 is 12.4 Å². The summed E-state index contributed by atoms with van der Waals surface area (Å²) in [5, 5.41) is 26.6. The fourth-order valence-corrected chi connectivity index (χ4v) is 1.63. The van der Waals surface area contributed by atoms with Gasteiger partial charge in [-0.05, 0) is 12.1 Å². The third-order valence-corrected chi connectivity index (χ3v) is 2.56. The first-order chi connectivity index (χ1) is 9.77. The maximum atomic E-state index is 11.9. The topological polar surface area (TPSA) is 138 Å². The van der Waals surface area contributed by atoms with Gasteiger partial charge in [0.15, 0.2) is 0 Å². The Labute approximate surface area is 187 Å². The molecule has 0 amide bonds. The Morgan fingerprint density at radius 1 is 0.875 bits per heavy atom. The molecule has 0 aliphatic carbocycles. The van der Waals surface area contributed by atoms with Crippen LogP contribution in [0.2, 0.25) is 0 Å². The number of esters is 1. The van der Waals surface area contributed by atoms with Crippen molar-refractivity contribution < 1.29 is 39.2 Å². The van der Waals surface area contributed by atoms with Gasteiger partial charge in [-0.25, -0.2) is 9.59 Å². The number of hydrogen-bond donors (Lipinski definition) is 3. The zero-order valence-corrected chi connectivity index (χ0v) is 11.9. The summed E-state index contributed by atoms with van der Waals surface area (Å²) in [5.74, 6) is -6.14. The average Bonchev–Trinajstić information content (AvgIpc) is 2.37. The summed E-state index contributed by atoms with van der Waals surface area (Å²) in [7, 11) is 0. The second-order valence-corrected chi connectivity index (χ2v) is 4.20. The van der Waals surface area contributed by atoms with Crippen LogP contribution in [0.15, 0.2) is 30.3 Å². The molecule has 0 fully saturated rings. The number of benzene rings is 1. The molecule has 0 spiro atoms. The van der Waals surface area contributed by atoms with E-state index in [2.05, 4.69) is 0 Å². The number of carboxylic acids is 3. The number of carboxylic acid groups (broad SMARTS) is 3. The van der Waals surface area contributed by atoms with Crippen molar-refractivity contribution in [3.63, 3.8) is 0 Å². The van der Waals surface area contributed by atoms with Gasteiger partial charge in [0, 0.05) is 0 Å². The van der Waals surface area contributed by atoms with Crippen LogP contribution in [0.5, 0.6) is 0 Å². The molecule has 1 aromatic rings. The molecule has 1 aromatic carbocycles. The summed E-state index contributed by atoms with van der Waals surface area (Å²) in [4.78, 5) is 44.7. The van der Waals surface area contributed by atoms with Gasteiger partial charge in [0.1, 0.15) is 0 Å². The van der Waals surface area contributed by atoms with Crippen molar-refractivity contribution in [2.24, 2.45) is 0 Å². The van der Waals surface area contributed by atoms with Gasteiger partial charge in [-0.3, -0.25) is 9.59 Å². The van der Waals surface area contributed by atoms with E-state index >= 15 is 0 Å². The summed E-state index contributed by atoms with van der Waals surface area (Å²) in [6, 6.07) is 7.25. The number of halogens is 1. The predicted molar refractivity (Wildman–Crippen MR) is 88.3 cm³/mol. The van der Waals surface area contributed by atoms with Crippen molar-refractivity contribution in [1.82, 2.24) is 0 Å². The van der Waals surface area contributed by atoms with E-state index in [-0.39, 0.29) is 77.1 Å². The van der Waals surface area contributed by atoms with Gasteiger partial charge in [-0.1, -0.05) is 18.2 Å². The van der Waals surface area contributed by atoms with E-state index in [0.717, 1.165) is 0 Å². The number of ether oxygens (including phenoxy) is 1. The number of aliphatic carboxylic acids is 3. The first-order valence-corrected chi connectivity index (χ1v) is 5.72. The molecule has 24 heavy (non-hydrogen) atoms. The minimum absolute atomic E-state index is 0. The molecule has 0 unspecified atom stereocenters. The molecule has 0 radical (unpaired) electrons. The van der Waals surface area contributed by atoms with Gasteiger partial charge in [-0.15, -0.1) is 12.4 Å². The van der Waals surface area contributed by atoms with E-state index in [1.165, 1.54) is 24.3 Å². The molecule has 1 rings (SSSR count). The van der Waals surface area contributed by atoms with Gasteiger partial charge in [0.05, 0.1) is 18.4 Å². The van der Waals surface area contributed by atoms with Crippen LogP contribution in [0, 0.1) is 0 Å². The normalized spacial score (nSPS) is 9.33. The average molecular weight is 381 g/mol. The standard InChI is InChI=1S/C13H12O8.ClH.2Na.2H/c14-9(15)6-13(12(19)20,7-10(16)17)21-11(18)8-4-2-1-3-5-8;;;;;/h1-5H,6-7H2,(H,14,15)(H,16,17)(H,19,20);1H;;;;. The maximum absolute atomic E-state index is 11.9. The number of carbonyl (C=O) groups excluding carboxylic acids is 1. The number of carbonyl (C=O) groups is 4. The van der Waals surface area contributed by atoms with E-state index in [1.54, 1.807) is 6.07 Å². The van der Waals surface area contributed by atoms with E-state index in [1.807, 2.05) is 0 Å². The summed E-state index contributed by atoms with van der Waals surface area (Å²) in [6.45, 7) is 0. The molecule has 0 aromatic heterocycles. The van der Waals surface area contributed by atoms with Crippen molar-refractivity contribution in [2.45, 2.75) is 18.4 Å². The van der Waals surface area contributed by atoms with Crippen molar-refractivity contribution in [3.05, 3.63) is 35.9 Å². The van der Waals surface area contributed by atoms with Gasteiger partial charge < -0.3 is 20.1 Å². The molecule has 11 heteroatoms. The Morgan fingerprint density at radius 2 is 1.29 bits per heavy atom. The number of rotatable bonds is 7. The second-order valence-electron chi connectivity index (χ2n) is 4.20. The van der Waals surface area contributed by atoms with Crippen LogP contribution < -0.4 is 0 Å². The van der Waals surface area contributed by atoms with Crippen molar-refractivity contribution in [1.29, 1.82) is 0 Å². The Hall–Kier alpha value is -0.610. The summed E-state index contributed by atoms with van der Waals surface area (Å²) >= 11 is 0. The fraction of sp³-hybridized carbons (Fsp3) is 0.231. The zero-order chi connectivity index (χ0) is 16.0. The molecule has 0 heterocycles. The Kier molecular flexibility index (Phi) is 14.9. The van der Waals surface area contributed by atoms with Crippen LogP contribution in [0.1, 0.15) is 23.2 Å². The molecule has 0 saturated heterocycles. The van der Waals surface area contributed by atoms with Crippen LogP contribution in [0.4, 0.5) is 0 Å². The molecule has 0 aliphatic heterocycles. The van der Waals surface area contributed by atoms with E-state index in [0.29, 0.717) is 0 Å². The van der Waals surface area contributed by atoms with Crippen molar-refractivity contribution in [3.8, 4) is 0 Å². The van der Waals surface area contributed by atoms with E-state index in [4.69, 9.17) is 20.1 Å². The van der Waals surface area contributed by atoms with Crippen LogP contribution in [-0.4, -0.2) is 104 Å². The first-order valence-electron chi connectivity index (χ1n) is 5.72. The summed E-state index contributed by atoms with van der Waals surface area (Å²) in [5.41, 5.74) is -2.68. The Bertz CT molecular complexity index is 563. The van der Waals surface area contributed by atoms with E-state index in [9.17, 15) is 19.2 Å². The fourth-order valence-electron chi connectivity index (χ4n) is 1.63. The molecule has 0 saturated carbocycles. The molecule has 3 N–H and O–H groups in total. The minimum atomic E-state index is -2.66. The van der Waals surface area contributed by atoms with Crippen molar-refractivity contribution in [2.75, 3.05) is 0 Å². The van der Waals surface area contributed by atoms with Gasteiger partial charge in [0.25, 0.3) is 0 Å². The third kappa shape index (κ3) is 8.48. The SMILES string of the molecule is Cl.O=C(O)CC(CC(=O)O)(OC(=O)c1ccccc1)C(=O)O.[NaH].[NaH]. The Morgan fingerprint density at radius 3 is 1.62 bits per heavy atom. The third-order valence-electron chi connectivity index (χ3n) is 2.56. The zero-order valence-electron chi connectivity index (χ0n) is 11.1. The summed E-state index contributed by atoms with van der Waals surface area (Å²) in [6.07, 6.45) is -2.32. The second kappa shape index (κ2) is 12.7. The summed E-state index contributed by atoms with van der Waals surface area (Å²) < 4.78 is 4.71. The predicted octanol–water partition coefficient (Wildman–Crippen LogP) is -0.259. The van der Waals surface area contributed by atoms with Gasteiger partial charge in [-0.2, -0.15) is 0 Å². The number of hydrogen-bond acceptors (Lipinski definition) is 5. The first kappa shape index (κ1) is 28.2. The Balaban J connectivity index is -0.00000147.